The van der Waals surface area contributed by atoms with E-state index in [0.29, 0.717) is 5.69 Å². The van der Waals surface area contributed by atoms with E-state index in [0.717, 1.165) is 42.1 Å². The number of nitrogens with one attached hydrogen (secondary N) is 2. The van der Waals surface area contributed by atoms with E-state index < -0.39 is 0 Å². The van der Waals surface area contributed by atoms with Gasteiger partial charge in [-0.3, -0.25) is 9.59 Å². The molecule has 4 nitrogen and oxygen atoms in total. The van der Waals surface area contributed by atoms with E-state index in [-0.39, 0.29) is 11.5 Å². The fraction of sp³-hybridized carbons (Fsp3) is 0.294. The lowest BCUT2D eigenvalue weighted by Gasteiger charge is -2.17. The highest BCUT2D eigenvalue weighted by Gasteiger charge is 2.16. The maximum atomic E-state index is 12.2. The number of allylic oxidation sites excluding steroid dienone is 1. The maximum absolute atomic E-state index is 12.2. The molecule has 1 amide bonds. The summed E-state index contributed by atoms with van der Waals surface area (Å²) in [5.74, 6) is -0.169. The molecule has 0 radical (unpaired) electrons. The molecule has 2 aromatic rings. The molecule has 0 atom stereocenters. The highest BCUT2D eigenvalue weighted by molar-refractivity contribution is 6.00. The Bertz CT molecular complexity index is 787. The number of aryl methyl sites for hydroxylation is 1. The van der Waals surface area contributed by atoms with Crippen molar-refractivity contribution in [3.63, 3.8) is 0 Å². The van der Waals surface area contributed by atoms with Gasteiger partial charge in [-0.25, -0.2) is 0 Å². The van der Waals surface area contributed by atoms with Crippen molar-refractivity contribution in [1.29, 1.82) is 0 Å². The fourth-order valence-electron chi connectivity index (χ4n) is 2.97. The third-order valence-corrected chi connectivity index (χ3v) is 3.92. The number of H-pyrrole nitrogens is 1. The van der Waals surface area contributed by atoms with Gasteiger partial charge in [0.1, 0.15) is 0 Å². The minimum absolute atomic E-state index is 0.00845. The number of fused-ring (bicyclic) bond motifs is 3. The Morgan fingerprint density at radius 3 is 2.76 bits per heavy atom. The van der Waals surface area contributed by atoms with Gasteiger partial charge in [0, 0.05) is 16.6 Å². The average molecular weight is 282 g/mol. The lowest BCUT2D eigenvalue weighted by atomic mass is 9.90. The van der Waals surface area contributed by atoms with Crippen LogP contribution in [-0.4, -0.2) is 10.9 Å². The largest absolute Gasteiger partial charge is 0.322 e. The van der Waals surface area contributed by atoms with Crippen molar-refractivity contribution in [2.24, 2.45) is 0 Å². The molecule has 2 N–H and O–H groups in total. The Morgan fingerprint density at radius 2 is 2.00 bits per heavy atom. The van der Waals surface area contributed by atoms with Gasteiger partial charge in [-0.15, -0.1) is 0 Å². The molecule has 0 spiro atoms. The summed E-state index contributed by atoms with van der Waals surface area (Å²) in [6.45, 7) is 1.80. The molecule has 108 valence electrons. The molecule has 0 saturated carbocycles. The Labute approximate surface area is 122 Å². The number of hydrogen-bond donors (Lipinski definition) is 2. The normalized spacial score (nSPS) is 14.3. The maximum Gasteiger partial charge on any atom is 0.251 e. The minimum Gasteiger partial charge on any atom is -0.322 e. The van der Waals surface area contributed by atoms with Crippen LogP contribution in [0.2, 0.25) is 0 Å². The molecular formula is C17H18N2O2. The quantitative estimate of drug-likeness (QED) is 0.832. The summed E-state index contributed by atoms with van der Waals surface area (Å²) in [4.78, 5) is 26.7. The standard InChI is InChI=1S/C17H18N2O2/c1-2-5-16(20)18-11-8-9-13-12-6-3-4-7-14(12)17(21)19-15(13)10-11/h2,5,8-10H,3-4,6-7H2,1H3,(H,18,20)(H,19,21)/b5-2-. The first-order valence-electron chi connectivity index (χ1n) is 7.30. The molecule has 1 heterocycles. The van der Waals surface area contributed by atoms with Crippen LogP contribution >= 0.6 is 0 Å². The number of carbonyl (C=O) groups is 1. The van der Waals surface area contributed by atoms with Crippen LogP contribution in [0, 0.1) is 0 Å². The first kappa shape index (κ1) is 13.6. The third kappa shape index (κ3) is 2.61. The van der Waals surface area contributed by atoms with Crippen LogP contribution in [-0.2, 0) is 17.6 Å². The summed E-state index contributed by atoms with van der Waals surface area (Å²) in [6, 6.07) is 5.70. The highest BCUT2D eigenvalue weighted by atomic mass is 16.1. The van der Waals surface area contributed by atoms with Crippen LogP contribution in [0.3, 0.4) is 0 Å². The SMILES string of the molecule is C/C=C\C(=O)Nc1ccc2c3c(c(=O)[nH]c2c1)CCCC3. The van der Waals surface area contributed by atoms with Crippen LogP contribution in [0.25, 0.3) is 10.9 Å². The van der Waals surface area contributed by atoms with E-state index in [4.69, 9.17) is 0 Å². The molecule has 1 aliphatic rings. The van der Waals surface area contributed by atoms with E-state index in [2.05, 4.69) is 10.3 Å². The third-order valence-electron chi connectivity index (χ3n) is 3.92. The molecule has 1 aromatic carbocycles. The van der Waals surface area contributed by atoms with E-state index in [1.165, 1.54) is 11.6 Å². The monoisotopic (exact) mass is 282 g/mol. The Balaban J connectivity index is 2.07. The van der Waals surface area contributed by atoms with E-state index in [1.54, 1.807) is 13.0 Å². The average Bonchev–Trinajstić information content (AvgIpc) is 2.47. The number of carbonyl (C=O) groups excluding carboxylic acids is 1. The zero-order valence-electron chi connectivity index (χ0n) is 12.0. The second-order valence-corrected chi connectivity index (χ2v) is 5.37. The van der Waals surface area contributed by atoms with E-state index >= 15 is 0 Å². The molecule has 0 aliphatic heterocycles. The number of aromatic nitrogens is 1. The number of anilines is 1. The minimum atomic E-state index is -0.169. The number of amides is 1. The Hall–Kier alpha value is -2.36. The van der Waals surface area contributed by atoms with Crippen LogP contribution in [0.4, 0.5) is 5.69 Å². The van der Waals surface area contributed by atoms with Gasteiger partial charge in [-0.05, 0) is 56.4 Å². The van der Waals surface area contributed by atoms with Crippen LogP contribution in [0.5, 0.6) is 0 Å². The molecule has 0 bridgehead atoms. The van der Waals surface area contributed by atoms with Gasteiger partial charge in [-0.1, -0.05) is 12.1 Å². The second kappa shape index (κ2) is 5.56. The second-order valence-electron chi connectivity index (χ2n) is 5.37. The molecule has 0 unspecified atom stereocenters. The summed E-state index contributed by atoms with van der Waals surface area (Å²) < 4.78 is 0. The summed E-state index contributed by atoms with van der Waals surface area (Å²) in [6.07, 6.45) is 7.19. The molecule has 1 aromatic heterocycles. The van der Waals surface area contributed by atoms with Crippen molar-refractivity contribution in [1.82, 2.24) is 4.98 Å². The van der Waals surface area contributed by atoms with Crippen molar-refractivity contribution in [3.8, 4) is 0 Å². The Kier molecular flexibility index (Phi) is 3.60. The van der Waals surface area contributed by atoms with Crippen molar-refractivity contribution in [3.05, 3.63) is 51.8 Å². The molecule has 4 heteroatoms. The number of rotatable bonds is 2. The first-order chi connectivity index (χ1) is 10.2. The van der Waals surface area contributed by atoms with Crippen LogP contribution in [0.1, 0.15) is 30.9 Å². The molecule has 21 heavy (non-hydrogen) atoms. The molecule has 3 rings (SSSR count). The highest BCUT2D eigenvalue weighted by Crippen LogP contribution is 2.27. The number of aromatic amines is 1. The van der Waals surface area contributed by atoms with Gasteiger partial charge < -0.3 is 10.3 Å². The van der Waals surface area contributed by atoms with Crippen molar-refractivity contribution in [2.75, 3.05) is 5.32 Å². The molecule has 0 fully saturated rings. The molecular weight excluding hydrogens is 264 g/mol. The smallest absolute Gasteiger partial charge is 0.251 e. The van der Waals surface area contributed by atoms with Crippen molar-refractivity contribution >= 4 is 22.5 Å². The lowest BCUT2D eigenvalue weighted by Crippen LogP contribution is -2.19. The molecule has 1 aliphatic carbocycles. The summed E-state index contributed by atoms with van der Waals surface area (Å²) >= 11 is 0. The van der Waals surface area contributed by atoms with Gasteiger partial charge in [0.15, 0.2) is 0 Å². The fourth-order valence-corrected chi connectivity index (χ4v) is 2.97. The van der Waals surface area contributed by atoms with Crippen molar-refractivity contribution < 1.29 is 4.79 Å². The summed E-state index contributed by atoms with van der Waals surface area (Å²) in [5, 5.41) is 3.88. The van der Waals surface area contributed by atoms with Crippen LogP contribution in [0.15, 0.2) is 35.1 Å². The number of hydrogen-bond acceptors (Lipinski definition) is 2. The topological polar surface area (TPSA) is 62.0 Å². The molecule has 0 saturated heterocycles. The van der Waals surface area contributed by atoms with Gasteiger partial charge >= 0.3 is 0 Å². The van der Waals surface area contributed by atoms with Gasteiger partial charge in [0.05, 0.1) is 5.52 Å². The van der Waals surface area contributed by atoms with Crippen molar-refractivity contribution in [2.45, 2.75) is 32.6 Å². The Morgan fingerprint density at radius 1 is 1.24 bits per heavy atom. The lowest BCUT2D eigenvalue weighted by molar-refractivity contribution is -0.111. The first-order valence-corrected chi connectivity index (χ1v) is 7.30. The summed E-state index contributed by atoms with van der Waals surface area (Å²) in [7, 11) is 0. The number of pyridine rings is 1. The zero-order chi connectivity index (χ0) is 14.8. The predicted molar refractivity (Wildman–Crippen MR) is 84.7 cm³/mol. The number of benzene rings is 1. The zero-order valence-corrected chi connectivity index (χ0v) is 12.0. The van der Waals surface area contributed by atoms with Gasteiger partial charge in [0.25, 0.3) is 5.56 Å². The van der Waals surface area contributed by atoms with Gasteiger partial charge in [-0.2, -0.15) is 0 Å². The van der Waals surface area contributed by atoms with E-state index in [9.17, 15) is 9.59 Å². The summed E-state index contributed by atoms with van der Waals surface area (Å²) in [5.41, 5.74) is 3.59. The predicted octanol–water partition coefficient (Wildman–Crippen LogP) is 2.92. The van der Waals surface area contributed by atoms with Crippen LogP contribution < -0.4 is 10.9 Å². The van der Waals surface area contributed by atoms with Gasteiger partial charge in [0.2, 0.25) is 5.91 Å². The van der Waals surface area contributed by atoms with E-state index in [1.807, 2.05) is 18.2 Å².